The van der Waals surface area contributed by atoms with Crippen LogP contribution in [0.2, 0.25) is 0 Å². The van der Waals surface area contributed by atoms with E-state index in [2.05, 4.69) is 13.8 Å². The van der Waals surface area contributed by atoms with Crippen LogP contribution >= 0.6 is 0 Å². The number of rotatable bonds is 3. The lowest BCUT2D eigenvalue weighted by Crippen LogP contribution is -2.60. The van der Waals surface area contributed by atoms with Gasteiger partial charge in [-0.1, -0.05) is 25.0 Å². The molecule has 8 atom stereocenters. The Labute approximate surface area is 165 Å². The number of hydrogen-bond acceptors (Lipinski definition) is 4. The van der Waals surface area contributed by atoms with Gasteiger partial charge in [0.25, 0.3) is 0 Å². The fourth-order valence-electron chi connectivity index (χ4n) is 8.58. The van der Waals surface area contributed by atoms with Gasteiger partial charge in [-0.15, -0.1) is 0 Å². The molecule has 0 aromatic carbocycles. The molecule has 0 radical (unpaired) electrons. The second-order valence-corrected chi connectivity index (χ2v) is 11.0. The van der Waals surface area contributed by atoms with E-state index in [1.165, 1.54) is 11.1 Å². The molecule has 1 spiro atoms. The summed E-state index contributed by atoms with van der Waals surface area (Å²) in [7, 11) is 0. The van der Waals surface area contributed by atoms with Crippen LogP contribution < -0.4 is 0 Å². The van der Waals surface area contributed by atoms with Crippen molar-refractivity contribution >= 4 is 11.8 Å². The summed E-state index contributed by atoms with van der Waals surface area (Å²) in [6.07, 6.45) is 6.28. The molecule has 1 heterocycles. The number of epoxide rings is 1. The van der Waals surface area contributed by atoms with Crippen molar-refractivity contribution in [2.75, 3.05) is 0 Å². The summed E-state index contributed by atoms with van der Waals surface area (Å²) in [5.74, 6) is 0.866. The molecular weight excluding hydrogens is 356 g/mol. The number of hydrogen-bond donors (Lipinski definition) is 2. The zero-order chi connectivity index (χ0) is 19.7. The molecular formula is C23H30O5. The van der Waals surface area contributed by atoms with Crippen LogP contribution in [0.15, 0.2) is 11.1 Å². The molecule has 2 N–H and O–H groups in total. The van der Waals surface area contributed by atoms with Gasteiger partial charge >= 0.3 is 5.97 Å². The number of carbonyl (C=O) groups excluding carboxylic acids is 1. The lowest BCUT2D eigenvalue weighted by Gasteiger charge is -2.56. The number of aliphatic hydroxyl groups is 1. The fourth-order valence-corrected chi connectivity index (χ4v) is 8.58. The molecule has 6 rings (SSSR count). The molecule has 1 aliphatic heterocycles. The topological polar surface area (TPSA) is 87.1 Å². The quantitative estimate of drug-likeness (QED) is 0.574. The molecule has 0 amide bonds. The van der Waals surface area contributed by atoms with Crippen molar-refractivity contribution in [3.63, 3.8) is 0 Å². The minimum Gasteiger partial charge on any atom is -0.481 e. The van der Waals surface area contributed by atoms with Crippen LogP contribution in [0.5, 0.6) is 0 Å². The van der Waals surface area contributed by atoms with Crippen molar-refractivity contribution in [1.29, 1.82) is 0 Å². The van der Waals surface area contributed by atoms with Crippen molar-refractivity contribution in [3.05, 3.63) is 11.1 Å². The number of carboxylic acid groups (broad SMARTS) is 1. The molecule has 1 saturated heterocycles. The third-order valence-electron chi connectivity index (χ3n) is 10.2. The van der Waals surface area contributed by atoms with Crippen molar-refractivity contribution < 1.29 is 24.5 Å². The van der Waals surface area contributed by atoms with Crippen LogP contribution in [0.4, 0.5) is 0 Å². The van der Waals surface area contributed by atoms with E-state index in [-0.39, 0.29) is 29.0 Å². The van der Waals surface area contributed by atoms with E-state index in [0.717, 1.165) is 25.7 Å². The van der Waals surface area contributed by atoms with Gasteiger partial charge in [-0.25, -0.2) is 0 Å². The highest BCUT2D eigenvalue weighted by molar-refractivity contribution is 5.84. The number of Topliss-reactive ketones (excluding diaryl/α,β-unsaturated/α-hetero) is 1. The maximum absolute atomic E-state index is 12.2. The first-order valence-corrected chi connectivity index (χ1v) is 11.0. The average molecular weight is 386 g/mol. The Hall–Kier alpha value is -1.20. The fraction of sp³-hybridized carbons (Fsp3) is 0.826. The molecule has 0 bridgehead atoms. The Morgan fingerprint density at radius 2 is 2.07 bits per heavy atom. The Kier molecular flexibility index (Phi) is 3.10. The van der Waals surface area contributed by atoms with E-state index in [1.807, 2.05) is 0 Å². The molecule has 0 aromatic heterocycles. The maximum Gasteiger partial charge on any atom is 0.303 e. The predicted molar refractivity (Wildman–Crippen MR) is 100 cm³/mol. The first kappa shape index (κ1) is 17.6. The zero-order valence-electron chi connectivity index (χ0n) is 16.8. The molecule has 0 aromatic rings. The van der Waals surface area contributed by atoms with Gasteiger partial charge in [-0.2, -0.15) is 0 Å². The number of fused-ring (bicyclic) bond motifs is 5. The first-order valence-electron chi connectivity index (χ1n) is 11.0. The lowest BCUT2D eigenvalue weighted by atomic mass is 9.46. The molecule has 3 unspecified atom stereocenters. The average Bonchev–Trinajstić information content (AvgIpc) is 3.52. The first-order chi connectivity index (χ1) is 13.2. The largest absolute Gasteiger partial charge is 0.481 e. The number of carboxylic acids is 1. The van der Waals surface area contributed by atoms with Gasteiger partial charge in [0.2, 0.25) is 0 Å². The highest BCUT2D eigenvalue weighted by atomic mass is 16.6. The van der Waals surface area contributed by atoms with Crippen LogP contribution in [0, 0.1) is 28.6 Å². The monoisotopic (exact) mass is 386 g/mol. The van der Waals surface area contributed by atoms with Gasteiger partial charge < -0.3 is 14.9 Å². The van der Waals surface area contributed by atoms with Crippen LogP contribution in [0.1, 0.15) is 71.6 Å². The van der Waals surface area contributed by atoms with Crippen LogP contribution in [-0.4, -0.2) is 39.3 Å². The molecule has 5 aliphatic carbocycles. The molecule has 4 saturated carbocycles. The number of aliphatic carboxylic acids is 1. The highest BCUT2D eigenvalue weighted by Crippen LogP contribution is 2.81. The van der Waals surface area contributed by atoms with Crippen molar-refractivity contribution in [2.45, 2.75) is 88.9 Å². The van der Waals surface area contributed by atoms with Gasteiger partial charge in [-0.3, -0.25) is 9.59 Å². The third kappa shape index (κ3) is 1.78. The smallest absolute Gasteiger partial charge is 0.303 e. The van der Waals surface area contributed by atoms with E-state index < -0.39 is 11.6 Å². The Morgan fingerprint density at radius 3 is 2.82 bits per heavy atom. The summed E-state index contributed by atoms with van der Waals surface area (Å²) in [4.78, 5) is 23.4. The molecule has 5 nitrogen and oxygen atoms in total. The number of ketones is 1. The predicted octanol–water partition coefficient (Wildman–Crippen LogP) is 3.25. The molecule has 5 heteroatoms. The van der Waals surface area contributed by atoms with Crippen molar-refractivity contribution in [3.8, 4) is 0 Å². The van der Waals surface area contributed by atoms with Crippen LogP contribution in [0.25, 0.3) is 0 Å². The lowest BCUT2D eigenvalue weighted by molar-refractivity contribution is -0.143. The van der Waals surface area contributed by atoms with Crippen LogP contribution in [0.3, 0.4) is 0 Å². The minimum absolute atomic E-state index is 0.0261. The van der Waals surface area contributed by atoms with E-state index in [0.29, 0.717) is 49.2 Å². The second kappa shape index (κ2) is 4.92. The van der Waals surface area contributed by atoms with E-state index >= 15 is 0 Å². The van der Waals surface area contributed by atoms with Gasteiger partial charge in [0.1, 0.15) is 11.4 Å². The SMILES string of the molecule is CC12C[C@H]3O[C@@]34[C@@H](C3CC3=C3CC(=O)CC[C@@]34C)C1CC[C@@]2(O)CCC(=O)O. The molecule has 152 valence electrons. The van der Waals surface area contributed by atoms with E-state index in [1.54, 1.807) is 0 Å². The second-order valence-electron chi connectivity index (χ2n) is 11.0. The van der Waals surface area contributed by atoms with E-state index in [4.69, 9.17) is 4.74 Å². The highest BCUT2D eigenvalue weighted by Gasteiger charge is 2.83. The molecule has 28 heavy (non-hydrogen) atoms. The summed E-state index contributed by atoms with van der Waals surface area (Å²) in [6.45, 7) is 4.55. The van der Waals surface area contributed by atoms with E-state index in [9.17, 15) is 19.8 Å². The van der Waals surface area contributed by atoms with Gasteiger partial charge in [-0.05, 0) is 50.4 Å². The zero-order valence-corrected chi connectivity index (χ0v) is 16.8. The number of ether oxygens (including phenoxy) is 1. The maximum atomic E-state index is 12.2. The number of carbonyl (C=O) groups is 2. The van der Waals surface area contributed by atoms with Crippen molar-refractivity contribution in [2.24, 2.45) is 28.6 Å². The summed E-state index contributed by atoms with van der Waals surface area (Å²) in [5.41, 5.74) is 1.57. The summed E-state index contributed by atoms with van der Waals surface area (Å²) >= 11 is 0. The number of allylic oxidation sites excluding steroid dienone is 1. The summed E-state index contributed by atoms with van der Waals surface area (Å²) < 4.78 is 6.62. The minimum atomic E-state index is -0.906. The normalized spacial score (nSPS) is 55.6. The summed E-state index contributed by atoms with van der Waals surface area (Å²) in [5, 5.41) is 20.8. The van der Waals surface area contributed by atoms with Crippen molar-refractivity contribution in [1.82, 2.24) is 0 Å². The van der Waals surface area contributed by atoms with Crippen LogP contribution in [-0.2, 0) is 14.3 Å². The van der Waals surface area contributed by atoms with Gasteiger partial charge in [0.15, 0.2) is 0 Å². The standard InChI is InChI=1S/C23H30O5/c1-20-6-3-12(24)9-16(20)13-10-14(13)19-15-4-7-22(27,8-5-18(25)26)21(15,2)11-17-23(19,20)28-17/h14-15,17,19,27H,3-11H2,1-2H3,(H,25,26)/t14?,15?,17-,19+,20+,21?,22-,23-/m1/s1. The Bertz CT molecular complexity index is 846. The third-order valence-corrected chi connectivity index (χ3v) is 10.2. The molecule has 6 aliphatic rings. The summed E-state index contributed by atoms with van der Waals surface area (Å²) in [6, 6.07) is 0. The van der Waals surface area contributed by atoms with Gasteiger partial charge in [0.05, 0.1) is 11.7 Å². The Morgan fingerprint density at radius 1 is 1.29 bits per heavy atom. The Balaban J connectivity index is 1.41. The molecule has 5 fully saturated rings. The van der Waals surface area contributed by atoms with Gasteiger partial charge in [0, 0.05) is 36.0 Å².